The molecule has 20 heavy (non-hydrogen) atoms. The summed E-state index contributed by atoms with van der Waals surface area (Å²) in [5.74, 6) is 0.00769. The lowest BCUT2D eigenvalue weighted by atomic mass is 10.2. The van der Waals surface area contributed by atoms with Gasteiger partial charge in [-0.05, 0) is 42.8 Å². The summed E-state index contributed by atoms with van der Waals surface area (Å²) in [5, 5.41) is 9.44. The van der Waals surface area contributed by atoms with Gasteiger partial charge in [-0.2, -0.15) is 0 Å². The highest BCUT2D eigenvalue weighted by molar-refractivity contribution is 7.92. The second kappa shape index (κ2) is 5.05. The quantitative estimate of drug-likeness (QED) is 0.849. The number of nitrogens with zero attached hydrogens (tertiary/aromatic N) is 1. The Bertz CT molecular complexity index is 722. The number of benzene rings is 2. The average molecular weight is 292 g/mol. The van der Waals surface area contributed by atoms with Gasteiger partial charge >= 0.3 is 0 Å². The second-order valence-corrected chi connectivity index (χ2v) is 6.54. The van der Waals surface area contributed by atoms with Crippen molar-refractivity contribution in [3.63, 3.8) is 0 Å². The third kappa shape index (κ3) is 2.70. The predicted molar refractivity (Wildman–Crippen MR) is 79.3 cm³/mol. The second-order valence-electron chi connectivity index (χ2n) is 4.57. The van der Waals surface area contributed by atoms with Gasteiger partial charge in [0.1, 0.15) is 5.75 Å². The van der Waals surface area contributed by atoms with Crippen molar-refractivity contribution in [2.45, 2.75) is 11.8 Å². The number of hydrogen-bond acceptors (Lipinski definition) is 4. The fraction of sp³-hybridized carbons (Fsp3) is 0.143. The number of hydrogen-bond donors (Lipinski definition) is 2. The van der Waals surface area contributed by atoms with Crippen molar-refractivity contribution >= 4 is 21.4 Å². The van der Waals surface area contributed by atoms with Gasteiger partial charge in [-0.15, -0.1) is 0 Å². The zero-order valence-electron chi connectivity index (χ0n) is 11.2. The SMILES string of the molecule is Cc1cc(N)cc(S(=O)(=O)N(C)c2cccc(O)c2)c1. The van der Waals surface area contributed by atoms with Gasteiger partial charge in [0.2, 0.25) is 0 Å². The Morgan fingerprint density at radius 2 is 1.85 bits per heavy atom. The molecule has 2 aromatic rings. The van der Waals surface area contributed by atoms with E-state index in [1.54, 1.807) is 31.2 Å². The first-order valence-electron chi connectivity index (χ1n) is 5.96. The van der Waals surface area contributed by atoms with Crippen molar-refractivity contribution in [2.24, 2.45) is 0 Å². The molecular formula is C14H16N2O3S. The first-order chi connectivity index (χ1) is 9.30. The Balaban J connectivity index is 2.49. The molecule has 2 aromatic carbocycles. The molecule has 0 fully saturated rings. The fourth-order valence-electron chi connectivity index (χ4n) is 1.91. The van der Waals surface area contributed by atoms with Crippen molar-refractivity contribution in [1.82, 2.24) is 0 Å². The maximum absolute atomic E-state index is 12.5. The van der Waals surface area contributed by atoms with E-state index in [1.807, 2.05) is 0 Å². The van der Waals surface area contributed by atoms with E-state index >= 15 is 0 Å². The van der Waals surface area contributed by atoms with Crippen LogP contribution >= 0.6 is 0 Å². The molecule has 0 aliphatic rings. The summed E-state index contributed by atoms with van der Waals surface area (Å²) in [4.78, 5) is 0.126. The highest BCUT2D eigenvalue weighted by Gasteiger charge is 2.22. The summed E-state index contributed by atoms with van der Waals surface area (Å²) in [6.07, 6.45) is 0. The molecule has 0 amide bonds. The number of aromatic hydroxyl groups is 1. The standard InChI is InChI=1S/C14H16N2O3S/c1-10-6-11(15)8-14(7-10)20(18,19)16(2)12-4-3-5-13(17)9-12/h3-9,17H,15H2,1-2H3. The highest BCUT2D eigenvalue weighted by Crippen LogP contribution is 2.26. The molecule has 0 aliphatic carbocycles. The molecule has 0 radical (unpaired) electrons. The van der Waals surface area contributed by atoms with Crippen LogP contribution in [0.4, 0.5) is 11.4 Å². The van der Waals surface area contributed by atoms with Gasteiger partial charge < -0.3 is 10.8 Å². The largest absolute Gasteiger partial charge is 0.508 e. The van der Waals surface area contributed by atoms with E-state index in [2.05, 4.69) is 0 Å². The van der Waals surface area contributed by atoms with Crippen LogP contribution in [0.15, 0.2) is 47.4 Å². The van der Waals surface area contributed by atoms with Crippen LogP contribution < -0.4 is 10.0 Å². The van der Waals surface area contributed by atoms with Gasteiger partial charge in [-0.3, -0.25) is 4.31 Å². The first kappa shape index (κ1) is 14.2. The molecule has 0 spiro atoms. The van der Waals surface area contributed by atoms with E-state index in [4.69, 9.17) is 5.73 Å². The molecule has 0 saturated heterocycles. The maximum atomic E-state index is 12.5. The van der Waals surface area contributed by atoms with E-state index in [1.165, 1.54) is 25.2 Å². The van der Waals surface area contributed by atoms with Crippen LogP contribution in [0.5, 0.6) is 5.75 Å². The van der Waals surface area contributed by atoms with E-state index in [0.29, 0.717) is 11.4 Å². The first-order valence-corrected chi connectivity index (χ1v) is 7.40. The number of nitrogen functional groups attached to an aromatic ring is 1. The van der Waals surface area contributed by atoms with Crippen molar-refractivity contribution in [3.8, 4) is 5.75 Å². The minimum atomic E-state index is -3.71. The van der Waals surface area contributed by atoms with E-state index < -0.39 is 10.0 Å². The van der Waals surface area contributed by atoms with E-state index in [-0.39, 0.29) is 10.6 Å². The molecule has 2 rings (SSSR count). The molecule has 106 valence electrons. The van der Waals surface area contributed by atoms with Crippen molar-refractivity contribution in [2.75, 3.05) is 17.1 Å². The Labute approximate surface area is 118 Å². The third-order valence-corrected chi connectivity index (χ3v) is 4.69. The molecular weight excluding hydrogens is 276 g/mol. The van der Waals surface area contributed by atoms with Gasteiger partial charge in [0.25, 0.3) is 10.0 Å². The third-order valence-electron chi connectivity index (χ3n) is 2.92. The average Bonchev–Trinajstić information content (AvgIpc) is 2.36. The lowest BCUT2D eigenvalue weighted by molar-refractivity contribution is 0.475. The number of rotatable bonds is 3. The predicted octanol–water partition coefficient (Wildman–Crippen LogP) is 2.11. The van der Waals surface area contributed by atoms with E-state index in [9.17, 15) is 13.5 Å². The van der Waals surface area contributed by atoms with Crippen LogP contribution in [0.25, 0.3) is 0 Å². The Hall–Kier alpha value is -2.21. The van der Waals surface area contributed by atoms with Crippen LogP contribution in [0, 0.1) is 6.92 Å². The van der Waals surface area contributed by atoms with Crippen LogP contribution in [0.3, 0.4) is 0 Å². The van der Waals surface area contributed by atoms with Gasteiger partial charge in [0.05, 0.1) is 10.6 Å². The Morgan fingerprint density at radius 3 is 2.45 bits per heavy atom. The topological polar surface area (TPSA) is 83.6 Å². The molecule has 3 N–H and O–H groups in total. The van der Waals surface area contributed by atoms with Crippen LogP contribution in [-0.4, -0.2) is 20.6 Å². The maximum Gasteiger partial charge on any atom is 0.264 e. The number of anilines is 2. The Morgan fingerprint density at radius 1 is 1.15 bits per heavy atom. The van der Waals surface area contributed by atoms with Gasteiger partial charge in [0.15, 0.2) is 0 Å². The number of nitrogens with two attached hydrogens (primary N) is 1. The number of aryl methyl sites for hydroxylation is 1. The van der Waals surface area contributed by atoms with Crippen LogP contribution in [0.2, 0.25) is 0 Å². The summed E-state index contributed by atoms with van der Waals surface area (Å²) >= 11 is 0. The minimum absolute atomic E-state index is 0.00769. The van der Waals surface area contributed by atoms with Crippen molar-refractivity contribution in [3.05, 3.63) is 48.0 Å². The number of phenolic OH excluding ortho intramolecular Hbond substituents is 1. The zero-order chi connectivity index (χ0) is 14.9. The van der Waals surface area contributed by atoms with E-state index in [0.717, 1.165) is 9.87 Å². The summed E-state index contributed by atoms with van der Waals surface area (Å²) < 4.78 is 26.2. The summed E-state index contributed by atoms with van der Waals surface area (Å²) in [6, 6.07) is 10.7. The van der Waals surface area contributed by atoms with Gasteiger partial charge in [-0.25, -0.2) is 8.42 Å². The fourth-order valence-corrected chi connectivity index (χ4v) is 3.24. The van der Waals surface area contributed by atoms with Crippen molar-refractivity contribution < 1.29 is 13.5 Å². The molecule has 0 bridgehead atoms. The molecule has 5 nitrogen and oxygen atoms in total. The lowest BCUT2D eigenvalue weighted by Gasteiger charge is -2.20. The molecule has 0 saturated carbocycles. The summed E-state index contributed by atoms with van der Waals surface area (Å²) in [6.45, 7) is 1.78. The normalized spacial score (nSPS) is 11.3. The number of phenols is 1. The molecule has 0 atom stereocenters. The summed E-state index contributed by atoms with van der Waals surface area (Å²) in [5.41, 5.74) is 7.24. The number of sulfonamides is 1. The van der Waals surface area contributed by atoms with Gasteiger partial charge in [-0.1, -0.05) is 6.07 Å². The molecule has 6 heteroatoms. The highest BCUT2D eigenvalue weighted by atomic mass is 32.2. The van der Waals surface area contributed by atoms with Crippen LogP contribution in [0.1, 0.15) is 5.56 Å². The zero-order valence-corrected chi connectivity index (χ0v) is 12.1. The lowest BCUT2D eigenvalue weighted by Crippen LogP contribution is -2.26. The summed E-state index contributed by atoms with van der Waals surface area (Å²) in [7, 11) is -2.28. The Kier molecular flexibility index (Phi) is 3.59. The molecule has 0 heterocycles. The minimum Gasteiger partial charge on any atom is -0.508 e. The van der Waals surface area contributed by atoms with Crippen molar-refractivity contribution in [1.29, 1.82) is 0 Å². The smallest absolute Gasteiger partial charge is 0.264 e. The monoisotopic (exact) mass is 292 g/mol. The van der Waals surface area contributed by atoms with Gasteiger partial charge in [0, 0.05) is 18.8 Å². The van der Waals surface area contributed by atoms with Crippen LogP contribution in [-0.2, 0) is 10.0 Å². The molecule has 0 aliphatic heterocycles. The molecule has 0 aromatic heterocycles. The molecule has 0 unspecified atom stereocenters.